The molecule has 0 aliphatic rings. The minimum absolute atomic E-state index is 0.0121. The molecule has 0 aliphatic carbocycles. The van der Waals surface area contributed by atoms with Crippen molar-refractivity contribution in [1.82, 2.24) is 4.90 Å². The molecule has 0 saturated heterocycles. The molecule has 8 nitrogen and oxygen atoms in total. The number of nitrogens with zero attached hydrogens (tertiary/aromatic N) is 1. The normalized spacial score (nSPS) is 12.3. The summed E-state index contributed by atoms with van der Waals surface area (Å²) in [6.07, 6.45) is 1.49. The maximum atomic E-state index is 13.9. The maximum Gasteiger partial charge on any atom is 0.199 e. The van der Waals surface area contributed by atoms with Crippen LogP contribution in [0.5, 0.6) is 5.75 Å². The van der Waals surface area contributed by atoms with Gasteiger partial charge in [-0.3, -0.25) is 4.79 Å². The number of ether oxygens (including phenoxy) is 1. The average Bonchev–Trinajstić information content (AvgIpc) is 3.54. The summed E-state index contributed by atoms with van der Waals surface area (Å²) in [4.78, 5) is 16.2. The number of anilines is 1. The summed E-state index contributed by atoms with van der Waals surface area (Å²) < 4.78 is 38.7. The van der Waals surface area contributed by atoms with Crippen LogP contribution in [0.25, 0.3) is 11.1 Å². The number of ketones is 1. The molecule has 41 heavy (non-hydrogen) atoms. The van der Waals surface area contributed by atoms with E-state index >= 15 is 0 Å². The van der Waals surface area contributed by atoms with Gasteiger partial charge in [0.25, 0.3) is 0 Å². The Kier molecular flexibility index (Phi) is 9.99. The molecule has 0 amide bonds. The number of hydrogen-bond donors (Lipinski definition) is 2. The van der Waals surface area contributed by atoms with E-state index < -0.39 is 27.5 Å². The lowest BCUT2D eigenvalue weighted by Gasteiger charge is -2.21. The van der Waals surface area contributed by atoms with Crippen molar-refractivity contribution < 1.29 is 27.5 Å². The largest absolute Gasteiger partial charge is 0.495 e. The number of aliphatic hydroxyl groups is 1. The SMILES string of the molecule is CCN(CC)CCNc1ccccc1S(=O)(=O)Cc1ccc(-c2ccoc2)c(OC)c1C(=O)C(O)c1ccccc1. The fourth-order valence-electron chi connectivity index (χ4n) is 4.85. The summed E-state index contributed by atoms with van der Waals surface area (Å²) in [6.45, 7) is 7.32. The Morgan fingerprint density at radius 2 is 1.71 bits per heavy atom. The summed E-state index contributed by atoms with van der Waals surface area (Å²) in [5, 5.41) is 14.3. The van der Waals surface area contributed by atoms with Gasteiger partial charge in [0.15, 0.2) is 15.6 Å². The first-order valence-corrected chi connectivity index (χ1v) is 15.2. The number of Topliss-reactive ketones (excluding diaryl/α,β-unsaturated/α-hetero) is 1. The average molecular weight is 577 g/mol. The van der Waals surface area contributed by atoms with Gasteiger partial charge in [-0.15, -0.1) is 0 Å². The zero-order valence-corrected chi connectivity index (χ0v) is 24.4. The number of methoxy groups -OCH3 is 1. The number of nitrogens with one attached hydrogen (secondary N) is 1. The van der Waals surface area contributed by atoms with Gasteiger partial charge in [0.2, 0.25) is 0 Å². The fourth-order valence-corrected chi connectivity index (χ4v) is 6.42. The third kappa shape index (κ3) is 6.87. The molecule has 1 atom stereocenters. The van der Waals surface area contributed by atoms with E-state index in [-0.39, 0.29) is 21.8 Å². The highest BCUT2D eigenvalue weighted by Gasteiger charge is 2.30. The van der Waals surface area contributed by atoms with E-state index in [0.29, 0.717) is 28.9 Å². The van der Waals surface area contributed by atoms with Crippen molar-refractivity contribution in [2.75, 3.05) is 38.6 Å². The molecule has 0 spiro atoms. The number of para-hydroxylation sites is 1. The third-order valence-electron chi connectivity index (χ3n) is 7.10. The molecular weight excluding hydrogens is 540 g/mol. The Morgan fingerprint density at radius 1 is 1.00 bits per heavy atom. The highest BCUT2D eigenvalue weighted by atomic mass is 32.2. The molecule has 4 rings (SSSR count). The molecule has 1 unspecified atom stereocenters. The van der Waals surface area contributed by atoms with Crippen molar-refractivity contribution >= 4 is 21.3 Å². The lowest BCUT2D eigenvalue weighted by molar-refractivity contribution is 0.0743. The second kappa shape index (κ2) is 13.6. The Hall–Kier alpha value is -3.92. The van der Waals surface area contributed by atoms with Crippen molar-refractivity contribution in [1.29, 1.82) is 0 Å². The monoisotopic (exact) mass is 576 g/mol. The van der Waals surface area contributed by atoms with E-state index in [4.69, 9.17) is 9.15 Å². The number of likely N-dealkylation sites (N-methyl/N-ethyl adjacent to an activating group) is 1. The van der Waals surface area contributed by atoms with Gasteiger partial charge in [0.1, 0.15) is 11.9 Å². The van der Waals surface area contributed by atoms with Crippen LogP contribution in [0, 0.1) is 0 Å². The zero-order valence-electron chi connectivity index (χ0n) is 23.5. The van der Waals surface area contributed by atoms with E-state index in [0.717, 1.165) is 19.6 Å². The van der Waals surface area contributed by atoms with Crippen LogP contribution in [0.15, 0.2) is 94.6 Å². The van der Waals surface area contributed by atoms with Gasteiger partial charge in [0, 0.05) is 24.2 Å². The summed E-state index contributed by atoms with van der Waals surface area (Å²) >= 11 is 0. The quantitative estimate of drug-likeness (QED) is 0.187. The van der Waals surface area contributed by atoms with E-state index in [2.05, 4.69) is 24.1 Å². The van der Waals surface area contributed by atoms with Crippen LogP contribution in [-0.2, 0) is 15.6 Å². The van der Waals surface area contributed by atoms with Crippen LogP contribution in [-0.4, -0.2) is 57.5 Å². The van der Waals surface area contributed by atoms with Crippen molar-refractivity contribution in [3.63, 3.8) is 0 Å². The maximum absolute atomic E-state index is 13.9. The number of carbonyl (C=O) groups is 1. The molecule has 0 aliphatic heterocycles. The first-order valence-electron chi connectivity index (χ1n) is 13.6. The molecule has 4 aromatic rings. The highest BCUT2D eigenvalue weighted by molar-refractivity contribution is 7.90. The first-order chi connectivity index (χ1) is 19.8. The van der Waals surface area contributed by atoms with Gasteiger partial charge < -0.3 is 24.5 Å². The predicted octanol–water partition coefficient (Wildman–Crippen LogP) is 5.60. The number of hydrogen-bond acceptors (Lipinski definition) is 8. The van der Waals surface area contributed by atoms with Crippen molar-refractivity contribution in [3.05, 3.63) is 102 Å². The van der Waals surface area contributed by atoms with Gasteiger partial charge in [-0.25, -0.2) is 8.42 Å². The lowest BCUT2D eigenvalue weighted by atomic mass is 9.92. The third-order valence-corrected chi connectivity index (χ3v) is 8.81. The first kappa shape index (κ1) is 30.0. The number of aliphatic hydroxyl groups excluding tert-OH is 1. The smallest absolute Gasteiger partial charge is 0.199 e. The van der Waals surface area contributed by atoms with E-state index in [1.807, 2.05) is 0 Å². The summed E-state index contributed by atoms with van der Waals surface area (Å²) in [5.74, 6) is -0.953. The fraction of sp³-hybridized carbons (Fsp3) is 0.281. The molecule has 1 heterocycles. The minimum atomic E-state index is -3.93. The second-order valence-corrected chi connectivity index (χ2v) is 11.5. The number of carbonyl (C=O) groups excluding carboxylic acids is 1. The number of furan rings is 1. The number of rotatable bonds is 14. The van der Waals surface area contributed by atoms with Gasteiger partial charge >= 0.3 is 0 Å². The Balaban J connectivity index is 1.75. The molecule has 3 aromatic carbocycles. The van der Waals surface area contributed by atoms with E-state index in [9.17, 15) is 18.3 Å². The van der Waals surface area contributed by atoms with Crippen molar-refractivity contribution in [2.45, 2.75) is 30.6 Å². The topological polar surface area (TPSA) is 109 Å². The van der Waals surface area contributed by atoms with Crippen LogP contribution in [0.3, 0.4) is 0 Å². The minimum Gasteiger partial charge on any atom is -0.495 e. The zero-order chi connectivity index (χ0) is 29.4. The number of sulfone groups is 1. The van der Waals surface area contributed by atoms with Crippen LogP contribution in [0.2, 0.25) is 0 Å². The van der Waals surface area contributed by atoms with Gasteiger partial charge in [-0.1, -0.05) is 68.4 Å². The summed E-state index contributed by atoms with van der Waals surface area (Å²) in [6, 6.07) is 20.3. The second-order valence-electron chi connectivity index (χ2n) is 9.58. The van der Waals surface area contributed by atoms with Crippen LogP contribution < -0.4 is 10.1 Å². The van der Waals surface area contributed by atoms with Gasteiger partial charge in [-0.2, -0.15) is 0 Å². The summed E-state index contributed by atoms with van der Waals surface area (Å²) in [5.41, 5.74) is 2.33. The van der Waals surface area contributed by atoms with Crippen molar-refractivity contribution in [3.8, 4) is 16.9 Å². The molecule has 0 bridgehead atoms. The highest BCUT2D eigenvalue weighted by Crippen LogP contribution is 2.39. The van der Waals surface area contributed by atoms with Crippen LogP contribution in [0.1, 0.15) is 41.4 Å². The van der Waals surface area contributed by atoms with E-state index in [1.54, 1.807) is 72.8 Å². The summed E-state index contributed by atoms with van der Waals surface area (Å²) in [7, 11) is -2.51. The lowest BCUT2D eigenvalue weighted by Crippen LogP contribution is -2.28. The van der Waals surface area contributed by atoms with Gasteiger partial charge in [0.05, 0.1) is 41.5 Å². The molecule has 9 heteroatoms. The molecular formula is C32H36N2O6S. The standard InChI is InChI=1S/C32H36N2O6S/c1-4-34(5-2)19-18-33-27-13-9-10-14-28(27)41(37,38)22-25-15-16-26(24-17-20-40-21-24)32(39-3)29(25)31(36)30(35)23-11-7-6-8-12-23/h6-17,20-21,30,33,35H,4-5,18-19,22H2,1-3H3. The van der Waals surface area contributed by atoms with Crippen LogP contribution >= 0.6 is 0 Å². The Labute approximate surface area is 241 Å². The van der Waals surface area contributed by atoms with Crippen molar-refractivity contribution in [2.24, 2.45) is 0 Å². The Bertz CT molecular complexity index is 1550. The molecule has 0 fully saturated rings. The van der Waals surface area contributed by atoms with Crippen LogP contribution in [0.4, 0.5) is 5.69 Å². The molecule has 1 aromatic heterocycles. The molecule has 2 N–H and O–H groups in total. The number of benzene rings is 3. The predicted molar refractivity (Wildman–Crippen MR) is 160 cm³/mol. The molecule has 216 valence electrons. The molecule has 0 radical (unpaired) electrons. The van der Waals surface area contributed by atoms with Gasteiger partial charge in [-0.05, 0) is 42.4 Å². The molecule has 0 saturated carbocycles. The Morgan fingerprint density at radius 3 is 2.37 bits per heavy atom. The van der Waals surface area contributed by atoms with E-state index in [1.165, 1.54) is 19.6 Å².